The fourth-order valence-electron chi connectivity index (χ4n) is 2.15. The molecular formula is C16H16F3N3O2. The van der Waals surface area contributed by atoms with E-state index in [9.17, 15) is 13.2 Å². The Morgan fingerprint density at radius 3 is 2.54 bits per heavy atom. The largest absolute Gasteiger partial charge is 0.492 e. The van der Waals surface area contributed by atoms with Crippen molar-refractivity contribution in [2.75, 3.05) is 13.2 Å². The monoisotopic (exact) mass is 339 g/mol. The van der Waals surface area contributed by atoms with E-state index in [0.717, 1.165) is 0 Å². The maximum absolute atomic E-state index is 13.0. The Labute approximate surface area is 136 Å². The predicted molar refractivity (Wildman–Crippen MR) is 79.3 cm³/mol. The Morgan fingerprint density at radius 1 is 1.25 bits per heavy atom. The van der Waals surface area contributed by atoms with Crippen molar-refractivity contribution in [2.45, 2.75) is 25.6 Å². The van der Waals surface area contributed by atoms with Gasteiger partial charge >= 0.3 is 6.18 Å². The summed E-state index contributed by atoms with van der Waals surface area (Å²) >= 11 is 0. The van der Waals surface area contributed by atoms with Crippen molar-refractivity contribution >= 4 is 0 Å². The molecule has 1 heterocycles. The van der Waals surface area contributed by atoms with Gasteiger partial charge in [-0.25, -0.2) is 0 Å². The molecule has 0 aliphatic rings. The maximum Gasteiger partial charge on any atom is 0.435 e. The van der Waals surface area contributed by atoms with E-state index in [0.29, 0.717) is 11.3 Å². The number of aromatic nitrogens is 2. The minimum Gasteiger partial charge on any atom is -0.492 e. The van der Waals surface area contributed by atoms with E-state index in [2.05, 4.69) is 5.10 Å². The van der Waals surface area contributed by atoms with Crippen molar-refractivity contribution in [3.8, 4) is 11.8 Å². The molecule has 0 aliphatic carbocycles. The van der Waals surface area contributed by atoms with E-state index >= 15 is 0 Å². The molecule has 0 saturated heterocycles. The molecule has 0 fully saturated rings. The molecule has 2 aromatic rings. The van der Waals surface area contributed by atoms with Crippen LogP contribution in [0.25, 0.3) is 0 Å². The topological polar surface area (TPSA) is 71.1 Å². The van der Waals surface area contributed by atoms with Gasteiger partial charge in [0.2, 0.25) is 0 Å². The van der Waals surface area contributed by atoms with Gasteiger partial charge in [0, 0.05) is 18.4 Å². The normalized spacial score (nSPS) is 11.3. The molecule has 1 aromatic carbocycles. The summed E-state index contributed by atoms with van der Waals surface area (Å²) in [7, 11) is 0. The molecule has 5 nitrogen and oxygen atoms in total. The van der Waals surface area contributed by atoms with E-state index < -0.39 is 11.9 Å². The van der Waals surface area contributed by atoms with Gasteiger partial charge in [-0.05, 0) is 37.1 Å². The number of hydrogen-bond acceptors (Lipinski definition) is 4. The SMILES string of the molecule is N#Cc1ccc(OCCn2cc(CCCO)c(C(F)(F)F)n2)cc1. The number of ether oxygens (including phenoxy) is 1. The Balaban J connectivity index is 1.98. The fraction of sp³-hybridized carbons (Fsp3) is 0.375. The highest BCUT2D eigenvalue weighted by Crippen LogP contribution is 2.31. The van der Waals surface area contributed by atoms with E-state index in [1.807, 2.05) is 6.07 Å². The van der Waals surface area contributed by atoms with Crippen molar-refractivity contribution in [3.05, 3.63) is 47.3 Å². The van der Waals surface area contributed by atoms with Crippen LogP contribution in [0.15, 0.2) is 30.5 Å². The van der Waals surface area contributed by atoms with Gasteiger partial charge in [0.05, 0.1) is 18.2 Å². The van der Waals surface area contributed by atoms with Crippen molar-refractivity contribution in [2.24, 2.45) is 0 Å². The van der Waals surface area contributed by atoms with Gasteiger partial charge in [-0.15, -0.1) is 0 Å². The first kappa shape index (κ1) is 17.8. The lowest BCUT2D eigenvalue weighted by Crippen LogP contribution is -2.12. The summed E-state index contributed by atoms with van der Waals surface area (Å²) in [6.45, 7) is 0.122. The summed E-state index contributed by atoms with van der Waals surface area (Å²) in [6.07, 6.45) is -2.83. The Hall–Kier alpha value is -2.53. The first-order valence-corrected chi connectivity index (χ1v) is 7.31. The number of benzene rings is 1. The van der Waals surface area contributed by atoms with Gasteiger partial charge in [0.25, 0.3) is 0 Å². The lowest BCUT2D eigenvalue weighted by atomic mass is 10.1. The highest BCUT2D eigenvalue weighted by molar-refractivity contribution is 5.34. The number of aliphatic hydroxyl groups is 1. The zero-order valence-electron chi connectivity index (χ0n) is 12.8. The number of nitriles is 1. The Morgan fingerprint density at radius 2 is 1.96 bits per heavy atom. The highest BCUT2D eigenvalue weighted by Gasteiger charge is 2.36. The van der Waals surface area contributed by atoms with Crippen LogP contribution < -0.4 is 4.74 Å². The second-order valence-corrected chi connectivity index (χ2v) is 5.08. The molecule has 128 valence electrons. The van der Waals surface area contributed by atoms with Gasteiger partial charge in [-0.2, -0.15) is 23.5 Å². The Bertz CT molecular complexity index is 703. The van der Waals surface area contributed by atoms with Gasteiger partial charge in [0.1, 0.15) is 12.4 Å². The van der Waals surface area contributed by atoms with Crippen LogP contribution >= 0.6 is 0 Å². The molecule has 0 radical (unpaired) electrons. The van der Waals surface area contributed by atoms with E-state index in [4.69, 9.17) is 15.1 Å². The summed E-state index contributed by atoms with van der Waals surface area (Å²) in [5, 5.41) is 21.1. The quantitative estimate of drug-likeness (QED) is 0.842. The molecule has 0 spiro atoms. The van der Waals surface area contributed by atoms with Gasteiger partial charge in [-0.3, -0.25) is 4.68 Å². The number of halogens is 3. The smallest absolute Gasteiger partial charge is 0.435 e. The first-order chi connectivity index (χ1) is 11.4. The zero-order valence-corrected chi connectivity index (χ0v) is 12.8. The van der Waals surface area contributed by atoms with Crippen molar-refractivity contribution in [1.29, 1.82) is 5.26 Å². The maximum atomic E-state index is 13.0. The van der Waals surface area contributed by atoms with Crippen LogP contribution in [0.2, 0.25) is 0 Å². The molecule has 1 N–H and O–H groups in total. The third-order valence-electron chi connectivity index (χ3n) is 3.28. The third kappa shape index (κ3) is 4.73. The molecule has 0 unspecified atom stereocenters. The summed E-state index contributed by atoms with van der Waals surface area (Å²) in [5.74, 6) is 0.526. The average Bonchev–Trinajstić information content (AvgIpc) is 2.97. The fourth-order valence-corrected chi connectivity index (χ4v) is 2.15. The van der Waals surface area contributed by atoms with Crippen molar-refractivity contribution < 1.29 is 23.0 Å². The van der Waals surface area contributed by atoms with Crippen LogP contribution in [0.4, 0.5) is 13.2 Å². The van der Waals surface area contributed by atoms with E-state index in [1.54, 1.807) is 24.3 Å². The van der Waals surface area contributed by atoms with Crippen molar-refractivity contribution in [1.82, 2.24) is 9.78 Å². The van der Waals surface area contributed by atoms with Gasteiger partial charge in [0.15, 0.2) is 5.69 Å². The molecule has 0 bridgehead atoms. The molecular weight excluding hydrogens is 323 g/mol. The van der Waals surface area contributed by atoms with Crippen LogP contribution in [0.5, 0.6) is 5.75 Å². The lowest BCUT2D eigenvalue weighted by molar-refractivity contribution is -0.142. The molecule has 1 aromatic heterocycles. The minimum atomic E-state index is -4.52. The molecule has 24 heavy (non-hydrogen) atoms. The van der Waals surface area contributed by atoms with Crippen LogP contribution in [0.3, 0.4) is 0 Å². The van der Waals surface area contributed by atoms with Crippen LogP contribution in [0, 0.1) is 11.3 Å². The summed E-state index contributed by atoms with van der Waals surface area (Å²) in [5.41, 5.74) is -0.359. The van der Waals surface area contributed by atoms with Crippen molar-refractivity contribution in [3.63, 3.8) is 0 Å². The lowest BCUT2D eigenvalue weighted by Gasteiger charge is -2.06. The number of nitrogens with zero attached hydrogens (tertiary/aromatic N) is 3. The van der Waals surface area contributed by atoms with Crippen LogP contribution in [-0.2, 0) is 19.1 Å². The molecule has 0 amide bonds. The average molecular weight is 339 g/mol. The molecule has 8 heteroatoms. The summed E-state index contributed by atoms with van der Waals surface area (Å²) < 4.78 is 45.5. The number of hydrogen-bond donors (Lipinski definition) is 1. The number of aryl methyl sites for hydroxylation is 1. The standard InChI is InChI=1S/C16H16F3N3O2/c17-16(18,19)15-13(2-1-8-23)11-22(21-15)7-9-24-14-5-3-12(10-20)4-6-14/h3-6,11,23H,1-2,7-9H2. The van der Waals surface area contributed by atoms with E-state index in [-0.39, 0.29) is 38.2 Å². The number of aliphatic hydroxyl groups excluding tert-OH is 1. The molecule has 0 aliphatic heterocycles. The second kappa shape index (κ2) is 7.84. The number of rotatable bonds is 7. The van der Waals surface area contributed by atoms with E-state index in [1.165, 1.54) is 10.9 Å². The summed E-state index contributed by atoms with van der Waals surface area (Å²) in [4.78, 5) is 0. The predicted octanol–water partition coefficient (Wildman–Crippen LogP) is 2.78. The first-order valence-electron chi connectivity index (χ1n) is 7.31. The molecule has 2 rings (SSSR count). The Kier molecular flexibility index (Phi) is 5.82. The zero-order chi connectivity index (χ0) is 17.6. The third-order valence-corrected chi connectivity index (χ3v) is 3.28. The molecule has 0 atom stereocenters. The highest BCUT2D eigenvalue weighted by atomic mass is 19.4. The minimum absolute atomic E-state index is 0.0647. The second-order valence-electron chi connectivity index (χ2n) is 5.08. The van der Waals surface area contributed by atoms with Gasteiger partial charge in [-0.1, -0.05) is 0 Å². The van der Waals surface area contributed by atoms with Crippen LogP contribution in [0.1, 0.15) is 23.2 Å². The van der Waals surface area contributed by atoms with Crippen LogP contribution in [-0.4, -0.2) is 28.1 Å². The van der Waals surface area contributed by atoms with Gasteiger partial charge < -0.3 is 9.84 Å². The molecule has 0 saturated carbocycles. The number of alkyl halides is 3. The summed E-state index contributed by atoms with van der Waals surface area (Å²) in [6, 6.07) is 8.41.